The van der Waals surface area contributed by atoms with Gasteiger partial charge in [0.15, 0.2) is 11.5 Å². The Labute approximate surface area is 149 Å². The van der Waals surface area contributed by atoms with E-state index in [1.807, 2.05) is 24.4 Å². The summed E-state index contributed by atoms with van der Waals surface area (Å²) < 4.78 is 15.9. The first-order valence-corrected chi connectivity index (χ1v) is 8.44. The topological polar surface area (TPSA) is 48.0 Å². The molecule has 1 aliphatic rings. The van der Waals surface area contributed by atoms with Crippen LogP contribution in [-0.2, 0) is 4.79 Å². The van der Waals surface area contributed by atoms with Crippen LogP contribution in [0.2, 0.25) is 0 Å². The van der Waals surface area contributed by atoms with Gasteiger partial charge in [-0.05, 0) is 31.4 Å². The van der Waals surface area contributed by atoms with Gasteiger partial charge >= 0.3 is 0 Å². The number of amides is 1. The molecule has 2 rings (SSSR count). The van der Waals surface area contributed by atoms with Gasteiger partial charge in [0, 0.05) is 31.1 Å². The third-order valence-electron chi connectivity index (χ3n) is 3.97. The van der Waals surface area contributed by atoms with Gasteiger partial charge in [-0.3, -0.25) is 4.79 Å². The van der Waals surface area contributed by atoms with E-state index in [0.29, 0.717) is 23.7 Å². The van der Waals surface area contributed by atoms with Crippen LogP contribution >= 0.6 is 0 Å². The number of likely N-dealkylation sites (tertiary alicyclic amines) is 1. The van der Waals surface area contributed by atoms with E-state index >= 15 is 0 Å². The molecular weight excluding hydrogens is 318 g/mol. The number of methoxy groups -OCH3 is 3. The number of benzene rings is 1. The van der Waals surface area contributed by atoms with Crippen LogP contribution in [-0.4, -0.2) is 38.7 Å². The number of hydrogen-bond acceptors (Lipinski definition) is 4. The number of ether oxygens (including phenoxy) is 3. The number of hydrogen-bond donors (Lipinski definition) is 0. The zero-order valence-corrected chi connectivity index (χ0v) is 15.1. The average Bonchev–Trinajstić information content (AvgIpc) is 3.04. The molecule has 5 heteroatoms. The van der Waals surface area contributed by atoms with E-state index in [1.165, 1.54) is 0 Å². The van der Waals surface area contributed by atoms with Crippen molar-refractivity contribution < 1.29 is 19.0 Å². The Kier molecular flexibility index (Phi) is 7.21. The van der Waals surface area contributed by atoms with Crippen LogP contribution in [0.3, 0.4) is 0 Å². The van der Waals surface area contributed by atoms with E-state index in [0.717, 1.165) is 37.8 Å². The van der Waals surface area contributed by atoms with E-state index in [2.05, 4.69) is 11.8 Å². The molecule has 1 heterocycles. The highest BCUT2D eigenvalue weighted by Gasteiger charge is 2.16. The van der Waals surface area contributed by atoms with Crippen LogP contribution in [0.15, 0.2) is 24.4 Å². The molecule has 0 aliphatic carbocycles. The van der Waals surface area contributed by atoms with Crippen molar-refractivity contribution in [1.82, 2.24) is 4.90 Å². The molecule has 0 saturated carbocycles. The number of rotatable bonds is 7. The largest absolute Gasteiger partial charge is 0.493 e. The standard InChI is InChI=1S/C20H25NO4/c1-23-17-14-16(15-18(24-2)20(17)25-3)10-7-5-4-6-8-12-21-13-9-11-19(21)22/h8,12,14-15H,4-6,9,11,13H2,1-3H3/b12-8+. The fourth-order valence-electron chi connectivity index (χ4n) is 2.65. The Morgan fingerprint density at radius 2 is 1.88 bits per heavy atom. The Morgan fingerprint density at radius 1 is 1.16 bits per heavy atom. The van der Waals surface area contributed by atoms with Gasteiger partial charge in [-0.2, -0.15) is 0 Å². The first kappa shape index (κ1) is 18.7. The van der Waals surface area contributed by atoms with Crippen LogP contribution in [0, 0.1) is 11.8 Å². The normalized spacial score (nSPS) is 13.7. The molecule has 1 amide bonds. The lowest BCUT2D eigenvalue weighted by Gasteiger charge is -2.12. The van der Waals surface area contributed by atoms with Crippen LogP contribution < -0.4 is 14.2 Å². The lowest BCUT2D eigenvalue weighted by Crippen LogP contribution is -2.17. The highest BCUT2D eigenvalue weighted by Crippen LogP contribution is 2.37. The molecule has 25 heavy (non-hydrogen) atoms. The van der Waals surface area contributed by atoms with Gasteiger partial charge in [0.2, 0.25) is 11.7 Å². The molecule has 134 valence electrons. The van der Waals surface area contributed by atoms with E-state index in [9.17, 15) is 4.79 Å². The van der Waals surface area contributed by atoms with Crippen molar-refractivity contribution in [2.24, 2.45) is 0 Å². The summed E-state index contributed by atoms with van der Waals surface area (Å²) in [6.07, 6.45) is 8.24. The molecule has 1 aromatic carbocycles. The lowest BCUT2D eigenvalue weighted by molar-refractivity contribution is -0.125. The minimum Gasteiger partial charge on any atom is -0.493 e. The summed E-state index contributed by atoms with van der Waals surface area (Å²) in [5, 5.41) is 0. The summed E-state index contributed by atoms with van der Waals surface area (Å²) >= 11 is 0. The predicted molar refractivity (Wildman–Crippen MR) is 96.9 cm³/mol. The molecule has 0 radical (unpaired) electrons. The number of carbonyl (C=O) groups excluding carboxylic acids is 1. The maximum Gasteiger partial charge on any atom is 0.226 e. The molecule has 0 spiro atoms. The Balaban J connectivity index is 1.86. The quantitative estimate of drug-likeness (QED) is 0.563. The van der Waals surface area contributed by atoms with Crippen LogP contribution in [0.1, 0.15) is 37.7 Å². The van der Waals surface area contributed by atoms with Crippen molar-refractivity contribution in [1.29, 1.82) is 0 Å². The zero-order chi connectivity index (χ0) is 18.1. The molecule has 1 aliphatic heterocycles. The van der Waals surface area contributed by atoms with Gasteiger partial charge in [0.25, 0.3) is 0 Å². The maximum atomic E-state index is 11.5. The first-order valence-electron chi connectivity index (χ1n) is 8.44. The molecule has 5 nitrogen and oxygen atoms in total. The predicted octanol–water partition coefficient (Wildman–Crippen LogP) is 3.37. The molecule has 1 fully saturated rings. The van der Waals surface area contributed by atoms with Crippen molar-refractivity contribution in [2.45, 2.75) is 32.1 Å². The number of nitrogens with zero attached hydrogens (tertiary/aromatic N) is 1. The molecule has 1 saturated heterocycles. The average molecular weight is 343 g/mol. The fraction of sp³-hybridized carbons (Fsp3) is 0.450. The summed E-state index contributed by atoms with van der Waals surface area (Å²) in [6, 6.07) is 3.68. The minimum absolute atomic E-state index is 0.221. The lowest BCUT2D eigenvalue weighted by atomic mass is 10.1. The van der Waals surface area contributed by atoms with Crippen molar-refractivity contribution in [3.8, 4) is 29.1 Å². The van der Waals surface area contributed by atoms with Gasteiger partial charge in [-0.25, -0.2) is 0 Å². The monoisotopic (exact) mass is 343 g/mol. The SMILES string of the molecule is COc1cc(C#CCCC/C=C/N2CCCC2=O)cc(OC)c1OC. The van der Waals surface area contributed by atoms with E-state index < -0.39 is 0 Å². The van der Waals surface area contributed by atoms with E-state index in [1.54, 1.807) is 26.2 Å². The van der Waals surface area contributed by atoms with Crippen molar-refractivity contribution in [3.63, 3.8) is 0 Å². The molecule has 0 atom stereocenters. The van der Waals surface area contributed by atoms with Crippen LogP contribution in [0.4, 0.5) is 0 Å². The second-order valence-corrected chi connectivity index (χ2v) is 5.68. The van der Waals surface area contributed by atoms with Crippen LogP contribution in [0.25, 0.3) is 0 Å². The molecular formula is C20H25NO4. The zero-order valence-electron chi connectivity index (χ0n) is 15.1. The smallest absolute Gasteiger partial charge is 0.226 e. The van der Waals surface area contributed by atoms with Crippen molar-refractivity contribution in [2.75, 3.05) is 27.9 Å². The van der Waals surface area contributed by atoms with E-state index in [-0.39, 0.29) is 5.91 Å². The molecule has 0 unspecified atom stereocenters. The summed E-state index contributed by atoms with van der Waals surface area (Å²) in [5.74, 6) is 8.28. The second kappa shape index (κ2) is 9.63. The third-order valence-corrected chi connectivity index (χ3v) is 3.97. The third kappa shape index (κ3) is 5.18. The Hall–Kier alpha value is -2.61. The van der Waals surface area contributed by atoms with Gasteiger partial charge < -0.3 is 19.1 Å². The van der Waals surface area contributed by atoms with Gasteiger partial charge in [0.05, 0.1) is 21.3 Å². The summed E-state index contributed by atoms with van der Waals surface area (Å²) in [5.41, 5.74) is 0.827. The highest BCUT2D eigenvalue weighted by molar-refractivity contribution is 5.79. The van der Waals surface area contributed by atoms with Gasteiger partial charge in [-0.15, -0.1) is 0 Å². The summed E-state index contributed by atoms with van der Waals surface area (Å²) in [4.78, 5) is 13.3. The Bertz CT molecular complexity index is 660. The summed E-state index contributed by atoms with van der Waals surface area (Å²) in [6.45, 7) is 0.844. The maximum absolute atomic E-state index is 11.5. The molecule has 0 N–H and O–H groups in total. The van der Waals surface area contributed by atoms with Crippen molar-refractivity contribution >= 4 is 5.91 Å². The minimum atomic E-state index is 0.221. The van der Waals surface area contributed by atoms with E-state index in [4.69, 9.17) is 14.2 Å². The Morgan fingerprint density at radius 3 is 2.44 bits per heavy atom. The number of allylic oxidation sites excluding steroid dienone is 1. The second-order valence-electron chi connectivity index (χ2n) is 5.68. The molecule has 0 bridgehead atoms. The number of unbranched alkanes of at least 4 members (excludes halogenated alkanes) is 2. The van der Waals surface area contributed by atoms with Gasteiger partial charge in [0.1, 0.15) is 0 Å². The number of carbonyl (C=O) groups is 1. The first-order chi connectivity index (χ1) is 12.2. The molecule has 0 aromatic heterocycles. The fourth-order valence-corrected chi connectivity index (χ4v) is 2.65. The van der Waals surface area contributed by atoms with Gasteiger partial charge in [-0.1, -0.05) is 17.9 Å². The van der Waals surface area contributed by atoms with Crippen LogP contribution in [0.5, 0.6) is 17.2 Å². The summed E-state index contributed by atoms with van der Waals surface area (Å²) in [7, 11) is 4.76. The molecule has 1 aromatic rings. The highest BCUT2D eigenvalue weighted by atomic mass is 16.5. The van der Waals surface area contributed by atoms with Crippen molar-refractivity contribution in [3.05, 3.63) is 30.0 Å².